The molecule has 2 atom stereocenters. The van der Waals surface area contributed by atoms with Crippen LogP contribution in [0.5, 0.6) is 0 Å². The molecule has 4 heteroatoms. The summed E-state index contributed by atoms with van der Waals surface area (Å²) in [5.41, 5.74) is 0.0799. The normalized spacial score (nSPS) is 32.0. The first kappa shape index (κ1) is 16.7. The fourth-order valence-corrected chi connectivity index (χ4v) is 4.19. The van der Waals surface area contributed by atoms with Crippen LogP contribution >= 0.6 is 0 Å². The molecule has 2 unspecified atom stereocenters. The first-order valence-corrected chi connectivity index (χ1v) is 8.51. The highest BCUT2D eigenvalue weighted by Gasteiger charge is 2.43. The largest absolute Gasteiger partial charge is 0.302 e. The highest BCUT2D eigenvalue weighted by Crippen LogP contribution is 2.38. The van der Waals surface area contributed by atoms with Gasteiger partial charge in [0.15, 0.2) is 0 Å². The lowest BCUT2D eigenvalue weighted by molar-refractivity contribution is 0.00654. The molecule has 1 N–H and O–H groups in total. The molecule has 0 saturated heterocycles. The summed E-state index contributed by atoms with van der Waals surface area (Å²) in [6.07, 6.45) is 8.34. The maximum atomic E-state index is 9.61. The Labute approximate surface area is 130 Å². The monoisotopic (exact) mass is 292 g/mol. The van der Waals surface area contributed by atoms with Crippen molar-refractivity contribution in [2.24, 2.45) is 0 Å². The zero-order valence-corrected chi connectivity index (χ0v) is 14.3. The van der Waals surface area contributed by atoms with E-state index in [-0.39, 0.29) is 5.54 Å². The van der Waals surface area contributed by atoms with Gasteiger partial charge in [0.25, 0.3) is 0 Å². The van der Waals surface area contributed by atoms with Crippen LogP contribution in [0.25, 0.3) is 0 Å². The second-order valence-corrected chi connectivity index (χ2v) is 7.36. The van der Waals surface area contributed by atoms with Crippen LogP contribution in [-0.4, -0.2) is 61.2 Å². The molecule has 21 heavy (non-hydrogen) atoms. The van der Waals surface area contributed by atoms with Crippen LogP contribution in [0.1, 0.15) is 51.9 Å². The van der Waals surface area contributed by atoms with Gasteiger partial charge in [-0.25, -0.2) is 0 Å². The van der Waals surface area contributed by atoms with E-state index in [4.69, 9.17) is 0 Å². The summed E-state index contributed by atoms with van der Waals surface area (Å²) in [6.45, 7) is 4.12. The molecule has 120 valence electrons. The van der Waals surface area contributed by atoms with Crippen LogP contribution in [0.15, 0.2) is 0 Å². The predicted octanol–water partition coefficient (Wildman–Crippen LogP) is 2.22. The Balaban J connectivity index is 1.99. The molecule has 2 aliphatic rings. The van der Waals surface area contributed by atoms with E-state index < -0.39 is 0 Å². The Morgan fingerprint density at radius 2 is 1.90 bits per heavy atom. The smallest absolute Gasteiger partial charge is 0.108 e. The van der Waals surface area contributed by atoms with Gasteiger partial charge in [0.2, 0.25) is 0 Å². The summed E-state index contributed by atoms with van der Waals surface area (Å²) >= 11 is 0. The Morgan fingerprint density at radius 3 is 2.38 bits per heavy atom. The molecule has 2 fully saturated rings. The summed E-state index contributed by atoms with van der Waals surface area (Å²) < 4.78 is 0. The Bertz CT molecular complexity index is 379. The summed E-state index contributed by atoms with van der Waals surface area (Å²) in [5.74, 6) is 0. The third-order valence-corrected chi connectivity index (χ3v) is 5.85. The lowest BCUT2D eigenvalue weighted by Crippen LogP contribution is -2.60. The van der Waals surface area contributed by atoms with Gasteiger partial charge in [0.05, 0.1) is 6.07 Å². The van der Waals surface area contributed by atoms with Crippen LogP contribution in [0, 0.1) is 11.3 Å². The van der Waals surface area contributed by atoms with Crippen molar-refractivity contribution < 1.29 is 0 Å². The molecule has 0 aliphatic heterocycles. The summed E-state index contributed by atoms with van der Waals surface area (Å²) in [6, 6.07) is 3.11. The lowest BCUT2D eigenvalue weighted by atomic mass is 9.74. The molecule has 0 heterocycles. The Kier molecular flexibility index (Phi) is 5.29. The minimum absolute atomic E-state index is 0.295. The Hall–Kier alpha value is -0.630. The minimum Gasteiger partial charge on any atom is -0.302 e. The third kappa shape index (κ3) is 3.41. The average Bonchev–Trinajstić information content (AvgIpc) is 2.42. The van der Waals surface area contributed by atoms with Gasteiger partial charge in [-0.2, -0.15) is 5.26 Å². The van der Waals surface area contributed by atoms with Gasteiger partial charge in [0, 0.05) is 18.1 Å². The first-order valence-electron chi connectivity index (χ1n) is 8.51. The van der Waals surface area contributed by atoms with Crippen molar-refractivity contribution in [1.29, 1.82) is 5.26 Å². The highest BCUT2D eigenvalue weighted by atomic mass is 15.2. The van der Waals surface area contributed by atoms with E-state index in [1.807, 2.05) is 0 Å². The zero-order valence-electron chi connectivity index (χ0n) is 14.3. The van der Waals surface area contributed by atoms with E-state index >= 15 is 0 Å². The molecule has 2 saturated carbocycles. The van der Waals surface area contributed by atoms with E-state index in [2.05, 4.69) is 49.3 Å². The van der Waals surface area contributed by atoms with E-state index in [1.165, 1.54) is 25.7 Å². The second kappa shape index (κ2) is 6.64. The van der Waals surface area contributed by atoms with Crippen molar-refractivity contribution in [2.45, 2.75) is 69.0 Å². The number of nitriles is 1. The van der Waals surface area contributed by atoms with Gasteiger partial charge in [-0.05, 0) is 72.6 Å². The SMILES string of the molecule is CCNC1(C#N)CCCC(N(C)CC2(N(C)C)CCC2)C1. The van der Waals surface area contributed by atoms with Crippen molar-refractivity contribution in [2.75, 3.05) is 34.2 Å². The topological polar surface area (TPSA) is 42.3 Å². The molecule has 0 aromatic rings. The number of nitrogens with one attached hydrogen (secondary N) is 1. The van der Waals surface area contributed by atoms with Crippen molar-refractivity contribution in [3.05, 3.63) is 0 Å². The highest BCUT2D eigenvalue weighted by molar-refractivity contribution is 5.11. The third-order valence-electron chi connectivity index (χ3n) is 5.85. The van der Waals surface area contributed by atoms with E-state index in [1.54, 1.807) is 0 Å². The minimum atomic E-state index is -0.295. The summed E-state index contributed by atoms with van der Waals surface area (Å²) in [4.78, 5) is 4.94. The second-order valence-electron chi connectivity index (χ2n) is 7.36. The van der Waals surface area contributed by atoms with Crippen molar-refractivity contribution in [1.82, 2.24) is 15.1 Å². The van der Waals surface area contributed by atoms with E-state index in [9.17, 15) is 5.26 Å². The number of rotatable bonds is 6. The van der Waals surface area contributed by atoms with Crippen LogP contribution in [0.4, 0.5) is 0 Å². The molecule has 2 aliphatic carbocycles. The van der Waals surface area contributed by atoms with Crippen molar-refractivity contribution >= 4 is 0 Å². The summed E-state index contributed by atoms with van der Waals surface area (Å²) in [5, 5.41) is 13.1. The van der Waals surface area contributed by atoms with Crippen molar-refractivity contribution in [3.63, 3.8) is 0 Å². The molecule has 2 rings (SSSR count). The van der Waals surface area contributed by atoms with Gasteiger partial charge in [-0.15, -0.1) is 0 Å². The van der Waals surface area contributed by atoms with Crippen LogP contribution in [0.3, 0.4) is 0 Å². The molecule has 0 bridgehead atoms. The van der Waals surface area contributed by atoms with Crippen LogP contribution in [-0.2, 0) is 0 Å². The molecule has 0 aromatic carbocycles. The zero-order chi connectivity index (χ0) is 15.5. The van der Waals surface area contributed by atoms with Crippen LogP contribution in [0.2, 0.25) is 0 Å². The van der Waals surface area contributed by atoms with Gasteiger partial charge < -0.3 is 9.80 Å². The van der Waals surface area contributed by atoms with Gasteiger partial charge in [-0.3, -0.25) is 5.32 Å². The van der Waals surface area contributed by atoms with E-state index in [0.717, 1.165) is 32.4 Å². The number of hydrogen-bond donors (Lipinski definition) is 1. The molecular weight excluding hydrogens is 260 g/mol. The molecule has 0 amide bonds. The van der Waals surface area contributed by atoms with Gasteiger partial charge in [-0.1, -0.05) is 6.92 Å². The van der Waals surface area contributed by atoms with Gasteiger partial charge in [0.1, 0.15) is 5.54 Å². The van der Waals surface area contributed by atoms with Crippen molar-refractivity contribution in [3.8, 4) is 6.07 Å². The average molecular weight is 292 g/mol. The molecule has 4 nitrogen and oxygen atoms in total. The number of likely N-dealkylation sites (N-methyl/N-ethyl adjacent to an activating group) is 2. The molecule has 0 aromatic heterocycles. The fourth-order valence-electron chi connectivity index (χ4n) is 4.19. The maximum Gasteiger partial charge on any atom is 0.108 e. The molecule has 0 radical (unpaired) electrons. The summed E-state index contributed by atoms with van der Waals surface area (Å²) in [7, 11) is 6.69. The molecule has 0 spiro atoms. The first-order chi connectivity index (χ1) is 9.97. The van der Waals surface area contributed by atoms with Gasteiger partial charge >= 0.3 is 0 Å². The predicted molar refractivity (Wildman–Crippen MR) is 87.2 cm³/mol. The molecular formula is C17H32N4. The van der Waals surface area contributed by atoms with E-state index in [0.29, 0.717) is 11.6 Å². The number of hydrogen-bond acceptors (Lipinski definition) is 4. The fraction of sp³-hybridized carbons (Fsp3) is 0.941. The quantitative estimate of drug-likeness (QED) is 0.815. The maximum absolute atomic E-state index is 9.61. The number of nitrogens with zero attached hydrogens (tertiary/aromatic N) is 3. The van der Waals surface area contributed by atoms with Crippen LogP contribution < -0.4 is 5.32 Å². The standard InChI is InChI=1S/C17H32N4/c1-5-19-16(13-18)9-6-8-15(12-16)21(4)14-17(20(2)3)10-7-11-17/h15,19H,5-12,14H2,1-4H3. The lowest BCUT2D eigenvalue weighted by Gasteiger charge is -2.51. The Morgan fingerprint density at radius 1 is 1.19 bits per heavy atom.